The summed E-state index contributed by atoms with van der Waals surface area (Å²) in [6, 6.07) is 17.2. The lowest BCUT2D eigenvalue weighted by atomic mass is 10.3. The number of hydrogen-bond acceptors (Lipinski definition) is 5. The molecule has 1 N–H and O–H groups in total. The molecule has 0 aliphatic heterocycles. The number of nitrogens with zero attached hydrogens (tertiary/aromatic N) is 2. The van der Waals surface area contributed by atoms with Gasteiger partial charge in [-0.2, -0.15) is 0 Å². The molecule has 0 atom stereocenters. The summed E-state index contributed by atoms with van der Waals surface area (Å²) in [7, 11) is -1.56. The number of anilines is 2. The van der Waals surface area contributed by atoms with E-state index in [9.17, 15) is 13.2 Å². The zero-order chi connectivity index (χ0) is 20.6. The van der Waals surface area contributed by atoms with Crippen LogP contribution < -0.4 is 14.5 Å². The van der Waals surface area contributed by atoms with Gasteiger partial charge in [-0.1, -0.05) is 24.3 Å². The fourth-order valence-electron chi connectivity index (χ4n) is 2.71. The van der Waals surface area contributed by atoms with Crippen LogP contribution in [0.25, 0.3) is 0 Å². The molecule has 0 heterocycles. The third-order valence-corrected chi connectivity index (χ3v) is 6.08. The quantitative estimate of drug-likeness (QED) is 0.472. The predicted octanol–water partition coefficient (Wildman–Crippen LogP) is 2.82. The molecule has 1 amide bonds. The minimum atomic E-state index is -3.56. The lowest BCUT2D eigenvalue weighted by molar-refractivity contribution is -0.119. The third-order valence-electron chi connectivity index (χ3n) is 4.22. The van der Waals surface area contributed by atoms with Gasteiger partial charge in [0.05, 0.1) is 11.9 Å². The molecule has 152 valence electrons. The SMILES string of the molecule is CSc1cccc(N(CC(=O)NCCCN(C)c2ccccc2)S(C)(=O)=O)c1. The van der Waals surface area contributed by atoms with E-state index in [-0.39, 0.29) is 12.5 Å². The summed E-state index contributed by atoms with van der Waals surface area (Å²) in [5, 5.41) is 2.81. The van der Waals surface area contributed by atoms with E-state index in [0.29, 0.717) is 12.2 Å². The Bertz CT molecular complexity index is 873. The van der Waals surface area contributed by atoms with E-state index in [1.165, 1.54) is 11.8 Å². The molecule has 0 unspecified atom stereocenters. The Morgan fingerprint density at radius 3 is 2.39 bits per heavy atom. The Hall–Kier alpha value is -2.19. The maximum absolute atomic E-state index is 12.3. The minimum Gasteiger partial charge on any atom is -0.375 e. The van der Waals surface area contributed by atoms with Crippen LogP contribution in [0.2, 0.25) is 0 Å². The molecule has 8 heteroatoms. The normalized spacial score (nSPS) is 11.1. The summed E-state index contributed by atoms with van der Waals surface area (Å²) in [5.41, 5.74) is 1.61. The smallest absolute Gasteiger partial charge is 0.240 e. The van der Waals surface area contributed by atoms with Crippen molar-refractivity contribution in [3.05, 3.63) is 54.6 Å². The highest BCUT2D eigenvalue weighted by molar-refractivity contribution is 7.98. The van der Waals surface area contributed by atoms with E-state index < -0.39 is 10.0 Å². The number of benzene rings is 2. The number of hydrogen-bond donors (Lipinski definition) is 1. The molecule has 0 saturated heterocycles. The molecular formula is C20H27N3O3S2. The highest BCUT2D eigenvalue weighted by Crippen LogP contribution is 2.23. The maximum atomic E-state index is 12.3. The molecular weight excluding hydrogens is 394 g/mol. The van der Waals surface area contributed by atoms with Crippen molar-refractivity contribution >= 4 is 39.1 Å². The predicted molar refractivity (Wildman–Crippen MR) is 118 cm³/mol. The fraction of sp³-hybridized carbons (Fsp3) is 0.350. The van der Waals surface area contributed by atoms with Gasteiger partial charge in [-0.3, -0.25) is 9.10 Å². The number of carbonyl (C=O) groups excluding carboxylic acids is 1. The van der Waals surface area contributed by atoms with E-state index >= 15 is 0 Å². The van der Waals surface area contributed by atoms with Crippen LogP contribution in [0.1, 0.15) is 6.42 Å². The second-order valence-corrected chi connectivity index (χ2v) is 9.22. The fourth-order valence-corrected chi connectivity index (χ4v) is 4.01. The van der Waals surface area contributed by atoms with Gasteiger partial charge in [-0.15, -0.1) is 11.8 Å². The lowest BCUT2D eigenvalue weighted by Gasteiger charge is -2.23. The van der Waals surface area contributed by atoms with Crippen molar-refractivity contribution in [3.8, 4) is 0 Å². The van der Waals surface area contributed by atoms with E-state index in [0.717, 1.165) is 34.1 Å². The molecule has 0 aromatic heterocycles. The Balaban J connectivity index is 1.88. The maximum Gasteiger partial charge on any atom is 0.240 e. The van der Waals surface area contributed by atoms with E-state index in [4.69, 9.17) is 0 Å². The van der Waals surface area contributed by atoms with E-state index in [1.807, 2.05) is 49.7 Å². The van der Waals surface area contributed by atoms with Crippen LogP contribution >= 0.6 is 11.8 Å². The molecule has 2 rings (SSSR count). The first-order valence-electron chi connectivity index (χ1n) is 8.96. The molecule has 0 fully saturated rings. The van der Waals surface area contributed by atoms with Crippen LogP contribution in [-0.4, -0.2) is 53.5 Å². The number of rotatable bonds is 10. The van der Waals surface area contributed by atoms with Crippen molar-refractivity contribution < 1.29 is 13.2 Å². The molecule has 2 aromatic rings. The molecule has 0 spiro atoms. The largest absolute Gasteiger partial charge is 0.375 e. The Kier molecular flexibility index (Phi) is 8.19. The lowest BCUT2D eigenvalue weighted by Crippen LogP contribution is -2.41. The van der Waals surface area contributed by atoms with Crippen LogP contribution in [0.4, 0.5) is 11.4 Å². The molecule has 0 radical (unpaired) electrons. The van der Waals surface area contributed by atoms with Crippen molar-refractivity contribution in [1.82, 2.24) is 5.32 Å². The number of amides is 1. The van der Waals surface area contributed by atoms with Gasteiger partial charge < -0.3 is 10.2 Å². The number of thioether (sulfide) groups is 1. The molecule has 0 aliphatic carbocycles. The molecule has 0 bridgehead atoms. The topological polar surface area (TPSA) is 69.7 Å². The molecule has 28 heavy (non-hydrogen) atoms. The van der Waals surface area contributed by atoms with Crippen LogP contribution in [0.5, 0.6) is 0 Å². The second-order valence-electron chi connectivity index (χ2n) is 6.43. The Morgan fingerprint density at radius 1 is 1.07 bits per heavy atom. The highest BCUT2D eigenvalue weighted by Gasteiger charge is 2.20. The number of sulfonamides is 1. The van der Waals surface area contributed by atoms with Crippen molar-refractivity contribution in [2.24, 2.45) is 0 Å². The van der Waals surface area contributed by atoms with Gasteiger partial charge in [0.25, 0.3) is 0 Å². The van der Waals surface area contributed by atoms with Crippen molar-refractivity contribution in [1.29, 1.82) is 0 Å². The standard InChI is InChI=1S/C20H27N3O3S2/c1-22(17-9-5-4-6-10-17)14-8-13-21-20(24)16-23(28(3,25)26)18-11-7-12-19(15-18)27-2/h4-7,9-12,15H,8,13-14,16H2,1-3H3,(H,21,24). The van der Waals surface area contributed by atoms with Crippen molar-refractivity contribution in [3.63, 3.8) is 0 Å². The van der Waals surface area contributed by atoms with Crippen LogP contribution in [-0.2, 0) is 14.8 Å². The summed E-state index contributed by atoms with van der Waals surface area (Å²) in [5.74, 6) is -0.317. The number of carbonyl (C=O) groups is 1. The number of para-hydroxylation sites is 1. The average Bonchev–Trinajstić information content (AvgIpc) is 2.69. The summed E-state index contributed by atoms with van der Waals surface area (Å²) in [6.07, 6.45) is 3.79. The minimum absolute atomic E-state index is 0.231. The summed E-state index contributed by atoms with van der Waals surface area (Å²) >= 11 is 1.52. The van der Waals surface area contributed by atoms with Crippen LogP contribution in [0.15, 0.2) is 59.5 Å². The van der Waals surface area contributed by atoms with Crippen molar-refractivity contribution in [2.45, 2.75) is 11.3 Å². The van der Waals surface area contributed by atoms with Gasteiger partial charge in [0.1, 0.15) is 6.54 Å². The average molecular weight is 422 g/mol. The summed E-state index contributed by atoms with van der Waals surface area (Å²) in [4.78, 5) is 15.4. The van der Waals surface area contributed by atoms with E-state index in [1.54, 1.807) is 18.2 Å². The first kappa shape index (κ1) is 22.1. The van der Waals surface area contributed by atoms with Crippen LogP contribution in [0.3, 0.4) is 0 Å². The van der Waals surface area contributed by atoms with Crippen molar-refractivity contribution in [2.75, 3.05) is 48.4 Å². The van der Waals surface area contributed by atoms with E-state index in [2.05, 4.69) is 10.2 Å². The number of nitrogens with one attached hydrogen (secondary N) is 1. The third kappa shape index (κ3) is 6.76. The monoisotopic (exact) mass is 421 g/mol. The molecule has 0 saturated carbocycles. The van der Waals surface area contributed by atoms with Gasteiger partial charge in [0.2, 0.25) is 15.9 Å². The van der Waals surface area contributed by atoms with Gasteiger partial charge in [0, 0.05) is 30.7 Å². The molecule has 0 aliphatic rings. The highest BCUT2D eigenvalue weighted by atomic mass is 32.2. The summed E-state index contributed by atoms with van der Waals surface area (Å²) < 4.78 is 25.5. The zero-order valence-corrected chi connectivity index (χ0v) is 18.1. The van der Waals surface area contributed by atoms with Gasteiger partial charge >= 0.3 is 0 Å². The van der Waals surface area contributed by atoms with Gasteiger partial charge in [0.15, 0.2) is 0 Å². The second kappa shape index (κ2) is 10.4. The summed E-state index contributed by atoms with van der Waals surface area (Å²) in [6.45, 7) is 1.04. The molecule has 2 aromatic carbocycles. The van der Waals surface area contributed by atoms with Crippen LogP contribution in [0, 0.1) is 0 Å². The Morgan fingerprint density at radius 2 is 1.75 bits per heavy atom. The van der Waals surface area contributed by atoms with Gasteiger partial charge in [-0.25, -0.2) is 8.42 Å². The Labute approximate surface area is 172 Å². The van der Waals surface area contributed by atoms with Gasteiger partial charge in [-0.05, 0) is 43.0 Å². The first-order valence-corrected chi connectivity index (χ1v) is 12.0. The zero-order valence-electron chi connectivity index (χ0n) is 16.5. The molecule has 6 nitrogen and oxygen atoms in total. The first-order chi connectivity index (χ1) is 13.3.